The topological polar surface area (TPSA) is 57.6 Å². The maximum Gasteiger partial charge on any atom is 0.308 e. The Bertz CT molecular complexity index is 538. The second-order valence-electron chi connectivity index (χ2n) is 6.03. The number of amides is 1. The molecule has 4 nitrogen and oxygen atoms in total. The van der Waals surface area contributed by atoms with Crippen molar-refractivity contribution < 1.29 is 14.7 Å². The number of carboxylic acids is 1. The van der Waals surface area contributed by atoms with E-state index in [4.69, 9.17) is 0 Å². The minimum Gasteiger partial charge on any atom is -0.481 e. The number of aliphatic carboxylic acids is 1. The fourth-order valence-corrected chi connectivity index (χ4v) is 4.03. The molecule has 1 amide bonds. The normalized spacial score (nSPS) is 22.3. The third-order valence-electron chi connectivity index (χ3n) is 4.05. The summed E-state index contributed by atoms with van der Waals surface area (Å²) in [7, 11) is 0. The summed E-state index contributed by atoms with van der Waals surface area (Å²) in [5.74, 6) is -1.01. The van der Waals surface area contributed by atoms with E-state index < -0.39 is 11.9 Å². The highest BCUT2D eigenvalue weighted by molar-refractivity contribution is 7.14. The number of nitrogens with zero attached hydrogens (tertiary/aromatic N) is 1. The van der Waals surface area contributed by atoms with Gasteiger partial charge < -0.3 is 10.0 Å². The predicted octanol–water partition coefficient (Wildman–Crippen LogP) is 3.19. The van der Waals surface area contributed by atoms with Crippen LogP contribution in [0.25, 0.3) is 0 Å². The summed E-state index contributed by atoms with van der Waals surface area (Å²) in [6.07, 6.45) is 2.71. The average molecular weight is 309 g/mol. The van der Waals surface area contributed by atoms with Gasteiger partial charge in [0.2, 0.25) is 0 Å². The van der Waals surface area contributed by atoms with Crippen molar-refractivity contribution in [2.24, 2.45) is 11.8 Å². The molecule has 1 aromatic heterocycles. The molecule has 0 spiro atoms. The zero-order chi connectivity index (χ0) is 15.6. The molecule has 21 heavy (non-hydrogen) atoms. The van der Waals surface area contributed by atoms with E-state index in [1.165, 1.54) is 21.8 Å². The van der Waals surface area contributed by atoms with Crippen molar-refractivity contribution in [3.63, 3.8) is 0 Å². The highest BCUT2D eigenvalue weighted by Gasteiger charge is 2.32. The predicted molar refractivity (Wildman–Crippen MR) is 83.9 cm³/mol. The average Bonchev–Trinajstić information content (AvgIpc) is 2.79. The second kappa shape index (κ2) is 6.60. The molecule has 1 fully saturated rings. The number of carbonyl (C=O) groups is 2. The van der Waals surface area contributed by atoms with E-state index in [1.807, 2.05) is 19.9 Å². The largest absolute Gasteiger partial charge is 0.481 e. The molecule has 116 valence electrons. The van der Waals surface area contributed by atoms with Gasteiger partial charge in [-0.25, -0.2) is 0 Å². The molecular weight excluding hydrogens is 286 g/mol. The lowest BCUT2D eigenvalue weighted by atomic mass is 9.90. The summed E-state index contributed by atoms with van der Waals surface area (Å²) in [6, 6.07) is 1.99. The maximum atomic E-state index is 12.6. The number of carbonyl (C=O) groups excluding carboxylic acids is 1. The van der Waals surface area contributed by atoms with Gasteiger partial charge in [0.1, 0.15) is 0 Å². The smallest absolute Gasteiger partial charge is 0.308 e. The summed E-state index contributed by atoms with van der Waals surface area (Å²) in [4.78, 5) is 27.5. The van der Waals surface area contributed by atoms with Gasteiger partial charge in [0, 0.05) is 18.0 Å². The van der Waals surface area contributed by atoms with Crippen LogP contribution in [0.4, 0.5) is 0 Å². The van der Waals surface area contributed by atoms with Crippen LogP contribution in [0.3, 0.4) is 0 Å². The van der Waals surface area contributed by atoms with Crippen molar-refractivity contribution in [1.82, 2.24) is 4.90 Å². The number of piperidine rings is 1. The molecule has 5 heteroatoms. The SMILES string of the molecule is CCCc1cc(C(=O)N2CC(C)CC(C(=O)O)C2)sc1C. The van der Waals surface area contributed by atoms with Gasteiger partial charge in [0.05, 0.1) is 10.8 Å². The summed E-state index contributed by atoms with van der Waals surface area (Å²) < 4.78 is 0. The molecular formula is C16H23NO3S. The van der Waals surface area contributed by atoms with Gasteiger partial charge in [-0.05, 0) is 37.3 Å². The molecule has 2 heterocycles. The standard InChI is InChI=1S/C16H23NO3S/c1-4-5-12-7-14(21-11(12)3)15(18)17-8-10(2)6-13(9-17)16(19)20/h7,10,13H,4-6,8-9H2,1-3H3,(H,19,20). The van der Waals surface area contributed by atoms with Crippen LogP contribution in [0.5, 0.6) is 0 Å². The van der Waals surface area contributed by atoms with Gasteiger partial charge in [-0.3, -0.25) is 9.59 Å². The fraction of sp³-hybridized carbons (Fsp3) is 0.625. The lowest BCUT2D eigenvalue weighted by molar-refractivity contribution is -0.143. The minimum atomic E-state index is -0.798. The molecule has 0 bridgehead atoms. The van der Waals surface area contributed by atoms with E-state index in [2.05, 4.69) is 6.92 Å². The summed E-state index contributed by atoms with van der Waals surface area (Å²) >= 11 is 1.53. The van der Waals surface area contributed by atoms with Gasteiger partial charge in [-0.15, -0.1) is 11.3 Å². The first-order chi connectivity index (χ1) is 9.92. The Kier molecular flexibility index (Phi) is 5.04. The van der Waals surface area contributed by atoms with Crippen molar-refractivity contribution in [2.75, 3.05) is 13.1 Å². The van der Waals surface area contributed by atoms with E-state index in [0.29, 0.717) is 19.5 Å². The molecule has 2 rings (SSSR count). The van der Waals surface area contributed by atoms with Gasteiger partial charge >= 0.3 is 5.97 Å². The molecule has 1 aromatic rings. The molecule has 1 aliphatic rings. The van der Waals surface area contributed by atoms with Crippen molar-refractivity contribution in [1.29, 1.82) is 0 Å². The van der Waals surface area contributed by atoms with E-state index in [0.717, 1.165) is 17.7 Å². The van der Waals surface area contributed by atoms with Crippen LogP contribution in [0.15, 0.2) is 6.07 Å². The molecule has 0 saturated carbocycles. The minimum absolute atomic E-state index is 0.0109. The fourth-order valence-electron chi connectivity index (χ4n) is 2.99. The van der Waals surface area contributed by atoms with E-state index in [-0.39, 0.29) is 11.8 Å². The monoisotopic (exact) mass is 309 g/mol. The Labute approximate surface area is 129 Å². The van der Waals surface area contributed by atoms with Crippen LogP contribution < -0.4 is 0 Å². The second-order valence-corrected chi connectivity index (χ2v) is 7.28. The lowest BCUT2D eigenvalue weighted by Crippen LogP contribution is -2.45. The first kappa shape index (κ1) is 16.0. The molecule has 1 N–H and O–H groups in total. The van der Waals surface area contributed by atoms with Crippen molar-refractivity contribution >= 4 is 23.2 Å². The summed E-state index contributed by atoms with van der Waals surface area (Å²) in [5.41, 5.74) is 1.24. The van der Waals surface area contributed by atoms with Crippen LogP contribution in [0.1, 0.15) is 46.8 Å². The van der Waals surface area contributed by atoms with Gasteiger partial charge in [0.25, 0.3) is 5.91 Å². The zero-order valence-electron chi connectivity index (χ0n) is 12.9. The van der Waals surface area contributed by atoms with E-state index >= 15 is 0 Å². The maximum absolute atomic E-state index is 12.6. The van der Waals surface area contributed by atoms with Crippen molar-refractivity contribution in [3.05, 3.63) is 21.4 Å². The quantitative estimate of drug-likeness (QED) is 0.929. The summed E-state index contributed by atoms with van der Waals surface area (Å²) in [6.45, 7) is 7.17. The highest BCUT2D eigenvalue weighted by Crippen LogP contribution is 2.27. The number of carboxylic acid groups (broad SMARTS) is 1. The molecule has 1 aliphatic heterocycles. The van der Waals surface area contributed by atoms with E-state index in [9.17, 15) is 14.7 Å². The zero-order valence-corrected chi connectivity index (χ0v) is 13.7. The molecule has 2 atom stereocenters. The number of likely N-dealkylation sites (tertiary alicyclic amines) is 1. The molecule has 2 unspecified atom stereocenters. The molecule has 0 radical (unpaired) electrons. The first-order valence-electron chi connectivity index (χ1n) is 7.53. The Balaban J connectivity index is 2.15. The first-order valence-corrected chi connectivity index (χ1v) is 8.35. The number of hydrogen-bond donors (Lipinski definition) is 1. The number of rotatable bonds is 4. The van der Waals surface area contributed by atoms with E-state index in [1.54, 1.807) is 4.90 Å². The van der Waals surface area contributed by atoms with Crippen LogP contribution in [-0.2, 0) is 11.2 Å². The summed E-state index contributed by atoms with van der Waals surface area (Å²) in [5, 5.41) is 9.21. The van der Waals surface area contributed by atoms with Gasteiger partial charge in [-0.1, -0.05) is 20.3 Å². The van der Waals surface area contributed by atoms with Crippen molar-refractivity contribution in [2.45, 2.75) is 40.0 Å². The Morgan fingerprint density at radius 3 is 2.76 bits per heavy atom. The Morgan fingerprint density at radius 1 is 1.43 bits per heavy atom. The Hall–Kier alpha value is -1.36. The van der Waals surface area contributed by atoms with Crippen LogP contribution in [0.2, 0.25) is 0 Å². The highest BCUT2D eigenvalue weighted by atomic mass is 32.1. The van der Waals surface area contributed by atoms with Crippen molar-refractivity contribution in [3.8, 4) is 0 Å². The Morgan fingerprint density at radius 2 is 2.14 bits per heavy atom. The van der Waals surface area contributed by atoms with Crippen LogP contribution in [-0.4, -0.2) is 35.0 Å². The molecule has 0 aromatic carbocycles. The van der Waals surface area contributed by atoms with Gasteiger partial charge in [-0.2, -0.15) is 0 Å². The lowest BCUT2D eigenvalue weighted by Gasteiger charge is -2.34. The molecule has 1 saturated heterocycles. The third-order valence-corrected chi connectivity index (χ3v) is 5.13. The van der Waals surface area contributed by atoms with Crippen LogP contribution >= 0.6 is 11.3 Å². The van der Waals surface area contributed by atoms with Gasteiger partial charge in [0.15, 0.2) is 0 Å². The number of thiophene rings is 1. The third kappa shape index (κ3) is 3.64. The van der Waals surface area contributed by atoms with Crippen LogP contribution in [0, 0.1) is 18.8 Å². The molecule has 0 aliphatic carbocycles. The number of aryl methyl sites for hydroxylation is 2. The number of hydrogen-bond acceptors (Lipinski definition) is 3.